The third-order valence-corrected chi connectivity index (χ3v) is 1.54. The van der Waals surface area contributed by atoms with Gasteiger partial charge in [0.1, 0.15) is 0 Å². The van der Waals surface area contributed by atoms with E-state index in [0.717, 1.165) is 0 Å². The molecule has 0 aliphatic heterocycles. The maximum Gasteiger partial charge on any atom is 2.00 e. The maximum absolute atomic E-state index is 3.99. The minimum absolute atomic E-state index is 0. The first-order valence-corrected chi connectivity index (χ1v) is 3.64. The van der Waals surface area contributed by atoms with Gasteiger partial charge in [-0.25, -0.2) is 0 Å². The SMILES string of the molecule is [CH2-]C(CC)CCCC.[Zn+2]. The van der Waals surface area contributed by atoms with Crippen LogP contribution in [0.3, 0.4) is 0 Å². The molecule has 0 nitrogen and oxygen atoms in total. The molecule has 0 aliphatic rings. The van der Waals surface area contributed by atoms with E-state index in [2.05, 4.69) is 20.8 Å². The van der Waals surface area contributed by atoms with E-state index in [9.17, 15) is 0 Å². The van der Waals surface area contributed by atoms with Crippen LogP contribution in [0.2, 0.25) is 0 Å². The van der Waals surface area contributed by atoms with Crippen molar-refractivity contribution in [1.82, 2.24) is 0 Å². The van der Waals surface area contributed by atoms with Gasteiger partial charge in [-0.3, -0.25) is 0 Å². The molecule has 1 unspecified atom stereocenters. The average molecular weight is 179 g/mol. The fraction of sp³-hybridized carbons (Fsp3) is 0.875. The second kappa shape index (κ2) is 8.62. The van der Waals surface area contributed by atoms with Crippen LogP contribution in [0.4, 0.5) is 0 Å². The molecule has 0 rings (SSSR count). The quantitative estimate of drug-likeness (QED) is 0.459. The van der Waals surface area contributed by atoms with Crippen LogP contribution in [0.1, 0.15) is 39.5 Å². The largest absolute Gasteiger partial charge is 2.00 e. The molecule has 0 heterocycles. The summed E-state index contributed by atoms with van der Waals surface area (Å²) in [6.07, 6.45) is 5.21. The van der Waals surface area contributed by atoms with Crippen LogP contribution in [-0.4, -0.2) is 0 Å². The summed E-state index contributed by atoms with van der Waals surface area (Å²) in [4.78, 5) is 0. The van der Waals surface area contributed by atoms with Crippen LogP contribution in [0.15, 0.2) is 0 Å². The Morgan fingerprint density at radius 1 is 1.33 bits per heavy atom. The second-order valence-corrected chi connectivity index (χ2v) is 2.42. The van der Waals surface area contributed by atoms with Gasteiger partial charge < -0.3 is 6.92 Å². The van der Waals surface area contributed by atoms with Gasteiger partial charge in [0.2, 0.25) is 0 Å². The summed E-state index contributed by atoms with van der Waals surface area (Å²) in [5, 5.41) is 0. The number of unbranched alkanes of at least 4 members (excludes halogenated alkanes) is 1. The molecule has 1 heteroatoms. The van der Waals surface area contributed by atoms with Crippen LogP contribution in [0, 0.1) is 12.8 Å². The second-order valence-electron chi connectivity index (χ2n) is 2.42. The first-order valence-electron chi connectivity index (χ1n) is 3.64. The molecule has 0 aromatic heterocycles. The zero-order valence-corrected chi connectivity index (χ0v) is 9.79. The van der Waals surface area contributed by atoms with Crippen molar-refractivity contribution in [2.45, 2.75) is 39.5 Å². The molecular weight excluding hydrogens is 161 g/mol. The first kappa shape index (κ1) is 12.3. The number of rotatable bonds is 4. The Labute approximate surface area is 72.2 Å². The molecule has 0 saturated heterocycles. The normalized spacial score (nSPS) is 12.3. The van der Waals surface area contributed by atoms with Gasteiger partial charge in [0, 0.05) is 0 Å². The molecule has 0 saturated carbocycles. The van der Waals surface area contributed by atoms with Crippen molar-refractivity contribution in [1.29, 1.82) is 0 Å². The van der Waals surface area contributed by atoms with Gasteiger partial charge in [-0.2, -0.15) is 5.92 Å². The Balaban J connectivity index is 0. The van der Waals surface area contributed by atoms with Crippen LogP contribution in [-0.2, 0) is 19.5 Å². The first-order chi connectivity index (χ1) is 3.81. The maximum atomic E-state index is 3.99. The predicted octanol–water partition coefficient (Wildman–Crippen LogP) is 3.03. The summed E-state index contributed by atoms with van der Waals surface area (Å²) >= 11 is 0. The fourth-order valence-electron chi connectivity index (χ4n) is 0.697. The Bertz CT molecular complexity index is 43.8. The predicted molar refractivity (Wildman–Crippen MR) is 38.7 cm³/mol. The molecule has 0 N–H and O–H groups in total. The van der Waals surface area contributed by atoms with E-state index in [4.69, 9.17) is 0 Å². The number of hydrogen-bond acceptors (Lipinski definition) is 0. The Kier molecular flexibility index (Phi) is 11.8. The van der Waals surface area contributed by atoms with Crippen molar-refractivity contribution in [2.24, 2.45) is 5.92 Å². The summed E-state index contributed by atoms with van der Waals surface area (Å²) in [6.45, 7) is 8.42. The van der Waals surface area contributed by atoms with Crippen LogP contribution in [0.25, 0.3) is 0 Å². The van der Waals surface area contributed by atoms with E-state index in [-0.39, 0.29) is 19.5 Å². The van der Waals surface area contributed by atoms with Gasteiger partial charge in [0.25, 0.3) is 0 Å². The smallest absolute Gasteiger partial charge is 0.340 e. The van der Waals surface area contributed by atoms with Crippen LogP contribution in [0.5, 0.6) is 0 Å². The zero-order chi connectivity index (χ0) is 6.41. The molecule has 0 amide bonds. The topological polar surface area (TPSA) is 0 Å². The van der Waals surface area contributed by atoms with Crippen molar-refractivity contribution in [3.63, 3.8) is 0 Å². The molecule has 50 valence electrons. The molecule has 1 atom stereocenters. The number of hydrogen-bond donors (Lipinski definition) is 0. The van der Waals surface area contributed by atoms with Crippen molar-refractivity contribution >= 4 is 0 Å². The summed E-state index contributed by atoms with van der Waals surface area (Å²) in [6, 6.07) is 0. The minimum Gasteiger partial charge on any atom is -0.340 e. The van der Waals surface area contributed by atoms with Gasteiger partial charge in [-0.1, -0.05) is 39.5 Å². The Morgan fingerprint density at radius 2 is 1.89 bits per heavy atom. The summed E-state index contributed by atoms with van der Waals surface area (Å²) < 4.78 is 0. The van der Waals surface area contributed by atoms with Gasteiger partial charge >= 0.3 is 19.5 Å². The monoisotopic (exact) mass is 177 g/mol. The van der Waals surface area contributed by atoms with Crippen LogP contribution >= 0.6 is 0 Å². The van der Waals surface area contributed by atoms with Crippen molar-refractivity contribution in [3.05, 3.63) is 6.92 Å². The molecule has 0 fully saturated rings. The third kappa shape index (κ3) is 8.62. The minimum atomic E-state index is 0. The van der Waals surface area contributed by atoms with E-state index in [1.807, 2.05) is 0 Å². The standard InChI is InChI=1S/C8H17.Zn/c1-4-6-7-8(3)5-2;/h8H,3-7H2,1-2H3;/q-1;+2. The van der Waals surface area contributed by atoms with Crippen molar-refractivity contribution in [2.75, 3.05) is 0 Å². The molecule has 0 radical (unpaired) electrons. The van der Waals surface area contributed by atoms with Crippen molar-refractivity contribution < 1.29 is 19.5 Å². The van der Waals surface area contributed by atoms with E-state index in [0.29, 0.717) is 5.92 Å². The molecule has 0 aromatic rings. The van der Waals surface area contributed by atoms with E-state index >= 15 is 0 Å². The van der Waals surface area contributed by atoms with E-state index in [1.165, 1.54) is 25.7 Å². The van der Waals surface area contributed by atoms with E-state index < -0.39 is 0 Å². The molecule has 9 heavy (non-hydrogen) atoms. The molecule has 0 aromatic carbocycles. The zero-order valence-electron chi connectivity index (χ0n) is 6.82. The van der Waals surface area contributed by atoms with Crippen molar-refractivity contribution in [3.8, 4) is 0 Å². The summed E-state index contributed by atoms with van der Waals surface area (Å²) in [7, 11) is 0. The van der Waals surface area contributed by atoms with E-state index in [1.54, 1.807) is 0 Å². The van der Waals surface area contributed by atoms with Gasteiger partial charge in [0.05, 0.1) is 0 Å². The van der Waals surface area contributed by atoms with Gasteiger partial charge in [0.15, 0.2) is 0 Å². The Hall–Kier alpha value is 0.623. The average Bonchev–Trinajstić information content (AvgIpc) is 1.83. The third-order valence-electron chi connectivity index (χ3n) is 1.54. The molecule has 0 aliphatic carbocycles. The van der Waals surface area contributed by atoms with Gasteiger partial charge in [-0.15, -0.1) is 0 Å². The molecule has 0 bridgehead atoms. The van der Waals surface area contributed by atoms with Crippen LogP contribution < -0.4 is 0 Å². The summed E-state index contributed by atoms with van der Waals surface area (Å²) in [5.74, 6) is 0.704. The Morgan fingerprint density at radius 3 is 2.22 bits per heavy atom. The molecule has 0 spiro atoms. The van der Waals surface area contributed by atoms with Gasteiger partial charge in [-0.05, 0) is 0 Å². The molecular formula is C8H17Zn+. The summed E-state index contributed by atoms with van der Waals surface area (Å²) in [5.41, 5.74) is 0. The fourth-order valence-corrected chi connectivity index (χ4v) is 0.697.